The van der Waals surface area contributed by atoms with Crippen molar-refractivity contribution in [3.8, 4) is 28.7 Å². The minimum Gasteiger partial charge on any atom is -0.497 e. The first-order valence-corrected chi connectivity index (χ1v) is 10.5. The minimum atomic E-state index is -5.41. The Balaban J connectivity index is 1.98. The molecule has 0 radical (unpaired) electrons. The van der Waals surface area contributed by atoms with Crippen LogP contribution in [-0.2, 0) is 11.3 Å². The number of benzene rings is 2. The third kappa shape index (κ3) is 4.99. The monoisotopic (exact) mass is 527 g/mol. The van der Waals surface area contributed by atoms with Gasteiger partial charge in [0.05, 0.1) is 42.1 Å². The maximum Gasteiger partial charge on any atom is 0.440 e. The summed E-state index contributed by atoms with van der Waals surface area (Å²) in [6.07, 6.45) is -5.41. The van der Waals surface area contributed by atoms with Crippen LogP contribution in [0.5, 0.6) is 28.7 Å². The van der Waals surface area contributed by atoms with Crippen molar-refractivity contribution in [3.63, 3.8) is 0 Å². The molecule has 2 aromatic carbocycles. The van der Waals surface area contributed by atoms with Crippen LogP contribution in [0, 0.1) is 0 Å². The van der Waals surface area contributed by atoms with Gasteiger partial charge in [0.1, 0.15) is 11.5 Å². The fraction of sp³-hybridized carbons (Fsp3) is 0.348. The SMILES string of the molecule is COc1cc(CN2C(=O)NC(NC(=O)c3cc(OC)c(OC)c(OC)c3)(C(F)(F)F)C2=O)cc(OC)c1. The summed E-state index contributed by atoms with van der Waals surface area (Å²) in [5.74, 6) is -2.41. The molecule has 4 amide bonds. The van der Waals surface area contributed by atoms with Gasteiger partial charge in [-0.2, -0.15) is 13.2 Å². The molecule has 3 rings (SSSR count). The Bertz CT molecular complexity index is 1170. The van der Waals surface area contributed by atoms with Crippen molar-refractivity contribution >= 4 is 17.8 Å². The zero-order valence-corrected chi connectivity index (χ0v) is 20.4. The largest absolute Gasteiger partial charge is 0.497 e. The highest BCUT2D eigenvalue weighted by atomic mass is 19.4. The van der Waals surface area contributed by atoms with Crippen LogP contribution in [0.4, 0.5) is 18.0 Å². The second-order valence-electron chi connectivity index (χ2n) is 7.66. The topological polar surface area (TPSA) is 125 Å². The van der Waals surface area contributed by atoms with E-state index in [1.807, 2.05) is 0 Å². The van der Waals surface area contributed by atoms with E-state index in [1.54, 1.807) is 10.6 Å². The van der Waals surface area contributed by atoms with Crippen molar-refractivity contribution in [2.45, 2.75) is 18.4 Å². The van der Waals surface area contributed by atoms with E-state index >= 15 is 0 Å². The van der Waals surface area contributed by atoms with Crippen molar-refractivity contribution in [2.24, 2.45) is 0 Å². The van der Waals surface area contributed by atoms with Gasteiger partial charge in [0.2, 0.25) is 5.75 Å². The standard InChI is InChI=1S/C23H24F3N3O8/c1-33-14-6-12(7-15(10-14)34-2)11-29-20(31)22(23(24,25)26,28-21(29)32)27-19(30)13-8-16(35-3)18(37-5)17(9-13)36-4/h6-10H,11H2,1-5H3,(H,27,30)(H,28,32). The average molecular weight is 527 g/mol. The number of urea groups is 1. The molecule has 1 saturated heterocycles. The molecule has 1 aliphatic rings. The highest BCUT2D eigenvalue weighted by Crippen LogP contribution is 2.39. The van der Waals surface area contributed by atoms with E-state index < -0.39 is 36.2 Å². The maximum atomic E-state index is 14.3. The number of halogens is 3. The third-order valence-electron chi connectivity index (χ3n) is 5.51. The van der Waals surface area contributed by atoms with E-state index in [4.69, 9.17) is 23.7 Å². The summed E-state index contributed by atoms with van der Waals surface area (Å²) >= 11 is 0. The summed E-state index contributed by atoms with van der Waals surface area (Å²) in [5.41, 5.74) is -3.84. The van der Waals surface area contributed by atoms with Gasteiger partial charge in [-0.3, -0.25) is 19.8 Å². The Morgan fingerprint density at radius 2 is 1.43 bits per heavy atom. The van der Waals surface area contributed by atoms with Gasteiger partial charge in [-0.05, 0) is 29.8 Å². The second kappa shape index (κ2) is 10.3. The molecule has 1 heterocycles. The predicted octanol–water partition coefficient (Wildman–Crippen LogP) is 2.47. The molecule has 1 unspecified atom stereocenters. The molecular formula is C23H24F3N3O8. The fourth-order valence-electron chi connectivity index (χ4n) is 3.66. The maximum absolute atomic E-state index is 14.3. The summed E-state index contributed by atoms with van der Waals surface area (Å²) < 4.78 is 68.5. The molecule has 0 aliphatic carbocycles. The average Bonchev–Trinajstić information content (AvgIpc) is 3.12. The number of nitrogens with one attached hydrogen (secondary N) is 2. The summed E-state index contributed by atoms with van der Waals surface area (Å²) in [6, 6.07) is 5.18. The molecule has 37 heavy (non-hydrogen) atoms. The van der Waals surface area contributed by atoms with Crippen LogP contribution in [0.2, 0.25) is 0 Å². The summed E-state index contributed by atoms with van der Waals surface area (Å²) in [6.45, 7) is -0.559. The first kappa shape index (κ1) is 27.2. The number of carbonyl (C=O) groups is 3. The van der Waals surface area contributed by atoms with Crippen molar-refractivity contribution in [2.75, 3.05) is 35.5 Å². The number of amides is 4. The molecule has 1 aliphatic heterocycles. The van der Waals surface area contributed by atoms with Gasteiger partial charge in [0, 0.05) is 11.6 Å². The van der Waals surface area contributed by atoms with Gasteiger partial charge in [-0.25, -0.2) is 4.79 Å². The van der Waals surface area contributed by atoms with Crippen molar-refractivity contribution in [1.29, 1.82) is 0 Å². The molecule has 1 fully saturated rings. The van der Waals surface area contributed by atoms with Crippen LogP contribution in [0.3, 0.4) is 0 Å². The molecule has 2 aromatic rings. The number of methoxy groups -OCH3 is 5. The number of rotatable bonds is 9. The Hall–Kier alpha value is -4.36. The number of hydrogen-bond donors (Lipinski definition) is 2. The van der Waals surface area contributed by atoms with E-state index in [0.717, 1.165) is 12.1 Å². The predicted molar refractivity (Wildman–Crippen MR) is 121 cm³/mol. The lowest BCUT2D eigenvalue weighted by atomic mass is 10.1. The van der Waals surface area contributed by atoms with E-state index in [0.29, 0.717) is 16.4 Å². The van der Waals surface area contributed by atoms with Crippen LogP contribution in [-0.4, -0.2) is 70.1 Å². The van der Waals surface area contributed by atoms with Gasteiger partial charge in [-0.15, -0.1) is 0 Å². The number of nitrogens with zero attached hydrogens (tertiary/aromatic N) is 1. The van der Waals surface area contributed by atoms with Crippen LogP contribution >= 0.6 is 0 Å². The highest BCUT2D eigenvalue weighted by molar-refractivity contribution is 6.10. The molecule has 14 heteroatoms. The molecule has 2 N–H and O–H groups in total. The first-order chi connectivity index (χ1) is 17.4. The zero-order chi connectivity index (χ0) is 27.5. The molecule has 0 saturated carbocycles. The lowest BCUT2D eigenvalue weighted by Crippen LogP contribution is -2.69. The number of carbonyl (C=O) groups excluding carboxylic acids is 3. The zero-order valence-electron chi connectivity index (χ0n) is 20.4. The number of imide groups is 1. The molecule has 200 valence electrons. The van der Waals surface area contributed by atoms with Crippen LogP contribution in [0.15, 0.2) is 30.3 Å². The van der Waals surface area contributed by atoms with Gasteiger partial charge in [0.25, 0.3) is 17.5 Å². The van der Waals surface area contributed by atoms with Gasteiger partial charge in [-0.1, -0.05) is 0 Å². The Kier molecular flexibility index (Phi) is 7.60. The number of ether oxygens (including phenoxy) is 5. The Morgan fingerprint density at radius 1 is 0.892 bits per heavy atom. The minimum absolute atomic E-state index is 0.0107. The first-order valence-electron chi connectivity index (χ1n) is 10.5. The lowest BCUT2D eigenvalue weighted by molar-refractivity contribution is -0.200. The van der Waals surface area contributed by atoms with Crippen LogP contribution in [0.25, 0.3) is 0 Å². The molecule has 0 bridgehead atoms. The van der Waals surface area contributed by atoms with Gasteiger partial charge >= 0.3 is 12.2 Å². The molecule has 0 spiro atoms. The third-order valence-corrected chi connectivity index (χ3v) is 5.51. The molecule has 11 nitrogen and oxygen atoms in total. The number of hydrogen-bond acceptors (Lipinski definition) is 8. The normalized spacial score (nSPS) is 17.2. The van der Waals surface area contributed by atoms with Gasteiger partial charge in [0.15, 0.2) is 11.5 Å². The Morgan fingerprint density at radius 3 is 1.86 bits per heavy atom. The van der Waals surface area contributed by atoms with Crippen molar-refractivity contribution in [3.05, 3.63) is 41.5 Å². The second-order valence-corrected chi connectivity index (χ2v) is 7.66. The van der Waals surface area contributed by atoms with Crippen LogP contribution in [0.1, 0.15) is 15.9 Å². The van der Waals surface area contributed by atoms with Crippen molar-refractivity contribution < 1.29 is 51.2 Å². The Labute approximate surface area is 209 Å². The number of alkyl halides is 3. The van der Waals surface area contributed by atoms with E-state index in [2.05, 4.69) is 0 Å². The highest BCUT2D eigenvalue weighted by Gasteiger charge is 2.68. The summed E-state index contributed by atoms with van der Waals surface area (Å²) in [7, 11) is 6.53. The van der Waals surface area contributed by atoms with Gasteiger partial charge < -0.3 is 29.0 Å². The van der Waals surface area contributed by atoms with Crippen molar-refractivity contribution in [1.82, 2.24) is 15.5 Å². The quantitative estimate of drug-likeness (QED) is 0.477. The summed E-state index contributed by atoms with van der Waals surface area (Å²) in [4.78, 5) is 39.0. The fourth-order valence-corrected chi connectivity index (χ4v) is 3.66. The molecular weight excluding hydrogens is 503 g/mol. The van der Waals surface area contributed by atoms with Crippen LogP contribution < -0.4 is 34.3 Å². The molecule has 0 aromatic heterocycles. The lowest BCUT2D eigenvalue weighted by Gasteiger charge is -2.30. The smallest absolute Gasteiger partial charge is 0.440 e. The molecule has 1 atom stereocenters. The van der Waals surface area contributed by atoms with E-state index in [1.165, 1.54) is 53.7 Å². The summed E-state index contributed by atoms with van der Waals surface area (Å²) in [5, 5.41) is 3.24. The van der Waals surface area contributed by atoms with E-state index in [-0.39, 0.29) is 28.4 Å². The van der Waals surface area contributed by atoms with E-state index in [9.17, 15) is 27.6 Å².